The topological polar surface area (TPSA) is 298 Å². The fourth-order valence-electron chi connectivity index (χ4n) is 14.1. The number of phenols is 1. The molecule has 11 rings (SSSR count). The number of benzene rings is 3. The lowest BCUT2D eigenvalue weighted by atomic mass is 9.65. The number of ketones is 3. The van der Waals surface area contributed by atoms with Crippen LogP contribution < -0.4 is 9.47 Å². The molecule has 0 amide bonds. The van der Waals surface area contributed by atoms with Crippen molar-refractivity contribution in [3.8, 4) is 17.2 Å². The molecule has 508 valence electrons. The molecule has 20 nitrogen and oxygen atoms in total. The summed E-state index contributed by atoms with van der Waals surface area (Å²) in [6, 6.07) is 11.2. The number of aromatic hydroxyl groups is 1. The van der Waals surface area contributed by atoms with Crippen LogP contribution in [0.5, 0.6) is 17.2 Å². The zero-order valence-electron chi connectivity index (χ0n) is 55.8. The molecule has 6 N–H and O–H groups in total. The summed E-state index contributed by atoms with van der Waals surface area (Å²) in [5, 5.41) is 56.1. The molecule has 0 radical (unpaired) electrons. The van der Waals surface area contributed by atoms with Crippen molar-refractivity contribution >= 4 is 52.0 Å². The Kier molecular flexibility index (Phi) is 24.2. The molecule has 94 heavy (non-hydrogen) atoms. The van der Waals surface area contributed by atoms with E-state index in [9.17, 15) is 54.3 Å². The first-order valence-electron chi connectivity index (χ1n) is 32.3. The molecule has 0 spiro atoms. The van der Waals surface area contributed by atoms with E-state index in [1.807, 2.05) is 24.3 Å². The minimum absolute atomic E-state index is 0.0673. The van der Waals surface area contributed by atoms with E-state index in [0.29, 0.717) is 92.9 Å². The third-order valence-corrected chi connectivity index (χ3v) is 19.2. The maximum atomic E-state index is 12.8. The van der Waals surface area contributed by atoms with Crippen LogP contribution in [-0.4, -0.2) is 153 Å². The van der Waals surface area contributed by atoms with E-state index in [1.54, 1.807) is 64.5 Å². The molecule has 0 bridgehead atoms. The molecular weight excluding hydrogens is 1210 g/mol. The molecule has 2 heterocycles. The molecule has 6 aliphatic carbocycles. The number of aliphatic carboxylic acids is 1. The summed E-state index contributed by atoms with van der Waals surface area (Å²) in [7, 11) is 4.32. The second-order valence-electron chi connectivity index (χ2n) is 26.6. The van der Waals surface area contributed by atoms with Gasteiger partial charge in [-0.15, -0.1) is 0 Å². The number of aliphatic hydroxyl groups is 4. The molecular formula is C74H92O20. The Morgan fingerprint density at radius 3 is 1.14 bits per heavy atom. The molecule has 3 aromatic carbocycles. The average Bonchev–Trinajstić information content (AvgIpc) is 0.761. The average molecular weight is 1300 g/mol. The normalized spacial score (nSPS) is 22.3. The van der Waals surface area contributed by atoms with Crippen LogP contribution >= 0.6 is 0 Å². The highest BCUT2D eigenvalue weighted by molar-refractivity contribution is 6.26. The number of hydrogen-bond acceptors (Lipinski definition) is 19. The van der Waals surface area contributed by atoms with Crippen LogP contribution in [0.4, 0.5) is 0 Å². The van der Waals surface area contributed by atoms with Gasteiger partial charge in [-0.3, -0.25) is 14.4 Å². The van der Waals surface area contributed by atoms with E-state index in [2.05, 4.69) is 41.5 Å². The number of hydrogen-bond donors (Lipinski definition) is 6. The standard InChI is InChI=1S/C27H34O7.C25H30O7.C21H24O5.CH4O/c1-5-33-26(30)23-9-21-19(16(2)3)6-17-8-25(34-15-27(12-31-4)13-32-14-27)18(11-28)7-20(17)22(21)10-24(23)29;1-14(2)17-4-15-6-23(32-13-25(10-30-3)11-31-12-25)16(9-26)5-18(15)20-8-22(27)21(24(28)29)7-19(17)20;1-4-26-21(25)18-8-16-14(11(2)3)5-12-7-19(23)13(10-22)6-15(12)17(16)9-20(18)24;1-2/h7-10,16,19,21,28H,5-6,11-15H2,1-4H3;5-8,14,17,19,26H,4,9-13H2,1-3H3,(H,28,29);6-9,11,14,16,22-23H,4-5,10H2,1-3H3;2H,1H3. The van der Waals surface area contributed by atoms with Gasteiger partial charge in [0.15, 0.2) is 17.3 Å². The summed E-state index contributed by atoms with van der Waals surface area (Å²) in [4.78, 5) is 73.9. The number of allylic oxidation sites excluding steroid dienone is 9. The minimum Gasteiger partial charge on any atom is -0.508 e. The Labute approximate surface area is 549 Å². The van der Waals surface area contributed by atoms with Crippen molar-refractivity contribution in [1.29, 1.82) is 0 Å². The number of ether oxygens (including phenoxy) is 8. The summed E-state index contributed by atoms with van der Waals surface area (Å²) in [5.74, 6) is -0.972. The highest BCUT2D eigenvalue weighted by Gasteiger charge is 2.45. The number of methoxy groups -OCH3 is 2. The van der Waals surface area contributed by atoms with Crippen molar-refractivity contribution in [2.24, 2.45) is 64.1 Å². The lowest BCUT2D eigenvalue weighted by molar-refractivity contribution is -0.159. The van der Waals surface area contributed by atoms with Crippen LogP contribution in [-0.2, 0) is 96.3 Å². The number of esters is 2. The summed E-state index contributed by atoms with van der Waals surface area (Å²) < 4.78 is 43.9. The maximum absolute atomic E-state index is 12.8. The first-order valence-corrected chi connectivity index (χ1v) is 32.3. The van der Waals surface area contributed by atoms with Crippen LogP contribution in [0.2, 0.25) is 0 Å². The number of carbonyl (C=O) groups excluding carboxylic acids is 5. The molecule has 3 aromatic rings. The van der Waals surface area contributed by atoms with Crippen LogP contribution in [0.3, 0.4) is 0 Å². The largest absolute Gasteiger partial charge is 0.508 e. The quantitative estimate of drug-likeness (QED) is 0.0433. The molecule has 6 atom stereocenters. The van der Waals surface area contributed by atoms with Gasteiger partial charge in [0.2, 0.25) is 0 Å². The zero-order valence-corrected chi connectivity index (χ0v) is 55.8. The maximum Gasteiger partial charge on any atom is 0.341 e. The van der Waals surface area contributed by atoms with Gasteiger partial charge in [0.1, 0.15) is 47.2 Å². The fourth-order valence-corrected chi connectivity index (χ4v) is 14.1. The van der Waals surface area contributed by atoms with Crippen molar-refractivity contribution in [1.82, 2.24) is 0 Å². The number of fused-ring (bicyclic) bond motifs is 9. The van der Waals surface area contributed by atoms with Crippen LogP contribution in [0.15, 0.2) is 89.6 Å². The van der Waals surface area contributed by atoms with E-state index < -0.39 is 23.7 Å². The van der Waals surface area contributed by atoms with Crippen molar-refractivity contribution in [2.75, 3.05) is 87.4 Å². The Morgan fingerprint density at radius 2 is 0.840 bits per heavy atom. The van der Waals surface area contributed by atoms with Crippen molar-refractivity contribution in [3.05, 3.63) is 140 Å². The van der Waals surface area contributed by atoms with Crippen molar-refractivity contribution < 1.29 is 97.3 Å². The second-order valence-corrected chi connectivity index (χ2v) is 26.6. The smallest absolute Gasteiger partial charge is 0.341 e. The van der Waals surface area contributed by atoms with Gasteiger partial charge < -0.3 is 68.5 Å². The monoisotopic (exact) mass is 1300 g/mol. The molecule has 2 aliphatic heterocycles. The summed E-state index contributed by atoms with van der Waals surface area (Å²) in [6.45, 7) is 20.3. The molecule has 6 unspecified atom stereocenters. The van der Waals surface area contributed by atoms with Gasteiger partial charge in [-0.1, -0.05) is 59.8 Å². The van der Waals surface area contributed by atoms with Gasteiger partial charge in [0, 0.05) is 55.8 Å². The lowest BCUT2D eigenvalue weighted by Gasteiger charge is -2.41. The molecule has 0 saturated carbocycles. The van der Waals surface area contributed by atoms with Crippen molar-refractivity contribution in [3.63, 3.8) is 0 Å². The Morgan fingerprint density at radius 1 is 0.511 bits per heavy atom. The first-order chi connectivity index (χ1) is 45.0. The van der Waals surface area contributed by atoms with E-state index >= 15 is 0 Å². The van der Waals surface area contributed by atoms with E-state index in [1.165, 1.54) is 12.2 Å². The highest BCUT2D eigenvalue weighted by atomic mass is 16.5. The first kappa shape index (κ1) is 72.4. The van der Waals surface area contributed by atoms with E-state index in [4.69, 9.17) is 43.0 Å². The van der Waals surface area contributed by atoms with E-state index in [0.717, 1.165) is 76.5 Å². The van der Waals surface area contributed by atoms with Gasteiger partial charge in [0.05, 0.1) is 83.5 Å². The van der Waals surface area contributed by atoms with Crippen LogP contribution in [0, 0.1) is 64.1 Å². The van der Waals surface area contributed by atoms with Gasteiger partial charge in [0.25, 0.3) is 0 Å². The number of carboxylic acid groups (broad SMARTS) is 1. The van der Waals surface area contributed by atoms with Gasteiger partial charge in [-0.05, 0) is 173 Å². The molecule has 0 aromatic heterocycles. The molecule has 20 heteroatoms. The second kappa shape index (κ2) is 31.4. The Balaban J connectivity index is 0.000000180. The molecule has 2 saturated heterocycles. The van der Waals surface area contributed by atoms with Crippen LogP contribution in [0.1, 0.15) is 105 Å². The Hall–Kier alpha value is -7.40. The van der Waals surface area contributed by atoms with Gasteiger partial charge in [-0.25, -0.2) is 14.4 Å². The summed E-state index contributed by atoms with van der Waals surface area (Å²) in [5.41, 5.74) is 9.75. The third kappa shape index (κ3) is 15.3. The number of carboxylic acids is 1. The predicted molar refractivity (Wildman–Crippen MR) is 349 cm³/mol. The number of carbonyl (C=O) groups is 6. The van der Waals surface area contributed by atoms with Gasteiger partial charge in [-0.2, -0.15) is 0 Å². The highest BCUT2D eigenvalue weighted by Crippen LogP contribution is 2.51. The third-order valence-electron chi connectivity index (χ3n) is 19.2. The SMILES string of the molecule is CCOC(=O)C1=CC2C(=CC1=O)c1cc(CO)c(O)cc1CC2C(C)C.CCOC(=O)C1=CC2C(=CC1=O)c1cc(CO)c(OCC3(COC)COC3)cc1CC2C(C)C.CO.COCC1(COc2cc3c(cc2CO)C2=CC(=O)C(C(=O)O)=CC2C(C(C)C)C3)COC1. The molecule has 2 fully saturated rings. The summed E-state index contributed by atoms with van der Waals surface area (Å²) >= 11 is 0. The Bertz CT molecular complexity index is 3550. The summed E-state index contributed by atoms with van der Waals surface area (Å²) in [6.07, 6.45) is 11.9. The predicted octanol–water partition coefficient (Wildman–Crippen LogP) is 8.16. The van der Waals surface area contributed by atoms with Crippen LogP contribution in [0.25, 0.3) is 16.7 Å². The fraction of sp³-hybridized carbons (Fsp3) is 0.514. The number of aliphatic hydroxyl groups excluding tert-OH is 4. The number of rotatable bonds is 21. The molecule has 8 aliphatic rings. The zero-order chi connectivity index (χ0) is 68.5. The lowest BCUT2D eigenvalue weighted by Crippen LogP contribution is -2.50. The van der Waals surface area contributed by atoms with Gasteiger partial charge >= 0.3 is 17.9 Å². The van der Waals surface area contributed by atoms with E-state index in [-0.39, 0.29) is 119 Å². The minimum atomic E-state index is -1.19. The van der Waals surface area contributed by atoms with Crippen molar-refractivity contribution in [2.45, 2.75) is 94.5 Å².